The van der Waals surface area contributed by atoms with E-state index in [0.717, 1.165) is 0 Å². The summed E-state index contributed by atoms with van der Waals surface area (Å²) in [7, 11) is 0. The van der Waals surface area contributed by atoms with Gasteiger partial charge in [0.05, 0.1) is 0 Å². The molecule has 0 unspecified atom stereocenters. The van der Waals surface area contributed by atoms with Crippen molar-refractivity contribution in [1.29, 1.82) is 0 Å². The average Bonchev–Trinajstić information content (AvgIpc) is 1.38. The fourth-order valence-electron chi connectivity index (χ4n) is 0. The summed E-state index contributed by atoms with van der Waals surface area (Å²) in [6.07, 6.45) is 0.384. The van der Waals surface area contributed by atoms with Gasteiger partial charge in [0.25, 0.3) is 0 Å². The van der Waals surface area contributed by atoms with Crippen molar-refractivity contribution in [2.24, 2.45) is 0 Å². The first-order valence-electron chi connectivity index (χ1n) is 1.59. The molecule has 0 bridgehead atoms. The third-order valence-electron chi connectivity index (χ3n) is 0.236. The molecule has 0 aromatic carbocycles. The second-order valence-electron chi connectivity index (χ2n) is 1.17. The maximum Gasteiger partial charge on any atom is 0 e. The van der Waals surface area contributed by atoms with Crippen molar-refractivity contribution in [2.45, 2.75) is 20.0 Å². The molecular formula is C3H7OTi2. The molecular weight excluding hydrogens is 148 g/mol. The second-order valence-corrected chi connectivity index (χ2v) is 1.53. The van der Waals surface area contributed by atoms with Crippen LogP contribution >= 0.6 is 0 Å². The zero-order chi connectivity index (χ0) is 4.28. The fraction of sp³-hybridized carbons (Fsp3) is 1.00. The van der Waals surface area contributed by atoms with Gasteiger partial charge in [-0.3, -0.25) is 0 Å². The summed E-state index contributed by atoms with van der Waals surface area (Å²) in [5.41, 5.74) is 0. The van der Waals surface area contributed by atoms with Crippen LogP contribution < -0.4 is 0 Å². The maximum absolute atomic E-state index is 4.75. The molecule has 0 aliphatic carbocycles. The van der Waals surface area contributed by atoms with E-state index in [2.05, 4.69) is 0 Å². The van der Waals surface area contributed by atoms with Gasteiger partial charge in [-0.15, -0.1) is 0 Å². The summed E-state index contributed by atoms with van der Waals surface area (Å²) in [6, 6.07) is 0. The van der Waals surface area contributed by atoms with Gasteiger partial charge in [-0.1, -0.05) is 0 Å². The van der Waals surface area contributed by atoms with Gasteiger partial charge in [0.1, 0.15) is 0 Å². The fourth-order valence-corrected chi connectivity index (χ4v) is 0. The largest absolute Gasteiger partial charge is 0 e. The van der Waals surface area contributed by atoms with Gasteiger partial charge in [0.15, 0.2) is 0 Å². The van der Waals surface area contributed by atoms with Crippen molar-refractivity contribution >= 4 is 0 Å². The molecule has 0 fully saturated rings. The van der Waals surface area contributed by atoms with Crippen LogP contribution in [0.3, 0.4) is 0 Å². The Labute approximate surface area is 65.6 Å². The van der Waals surface area contributed by atoms with Gasteiger partial charge in [-0.25, -0.2) is 0 Å². The third-order valence-corrected chi connectivity index (χ3v) is 0.972. The minimum absolute atomic E-state index is 0. The molecule has 33 valence electrons. The summed E-state index contributed by atoms with van der Waals surface area (Å²) < 4.78 is 4.75. The second kappa shape index (κ2) is 6.39. The van der Waals surface area contributed by atoms with Crippen LogP contribution in [0.5, 0.6) is 0 Å². The zero-order valence-corrected chi connectivity index (χ0v) is 7.11. The van der Waals surface area contributed by atoms with Gasteiger partial charge in [0, 0.05) is 21.7 Å². The smallest absolute Gasteiger partial charge is 0 e. The Morgan fingerprint density at radius 3 is 1.67 bits per heavy atom. The molecule has 0 aliphatic rings. The maximum atomic E-state index is 4.75. The van der Waals surface area contributed by atoms with E-state index in [-0.39, 0.29) is 21.7 Å². The van der Waals surface area contributed by atoms with E-state index in [4.69, 9.17) is 3.32 Å². The molecule has 0 saturated carbocycles. The van der Waals surface area contributed by atoms with Crippen molar-refractivity contribution in [1.82, 2.24) is 0 Å². The van der Waals surface area contributed by atoms with E-state index >= 15 is 0 Å². The van der Waals surface area contributed by atoms with Crippen LogP contribution in [0.4, 0.5) is 0 Å². The van der Waals surface area contributed by atoms with Crippen molar-refractivity contribution in [3.8, 4) is 0 Å². The van der Waals surface area contributed by atoms with Gasteiger partial charge in [-0.2, -0.15) is 0 Å². The minimum Gasteiger partial charge on any atom is 0 e. The molecule has 0 N–H and O–H groups in total. The van der Waals surface area contributed by atoms with Gasteiger partial charge < -0.3 is 0 Å². The Balaban J connectivity index is 0. The van der Waals surface area contributed by atoms with E-state index in [0.29, 0.717) is 6.10 Å². The van der Waals surface area contributed by atoms with Crippen molar-refractivity contribution in [3.05, 3.63) is 0 Å². The predicted octanol–water partition coefficient (Wildman–Crippen LogP) is 0.871. The van der Waals surface area contributed by atoms with Gasteiger partial charge >= 0.3 is 44.1 Å². The van der Waals surface area contributed by atoms with E-state index < -0.39 is 0 Å². The Kier molecular flexibility index (Phi) is 11.1. The average molecular weight is 155 g/mol. The summed E-state index contributed by atoms with van der Waals surface area (Å²) in [5.74, 6) is 0. The molecule has 0 aromatic rings. The normalized spacial score (nSPS) is 7.67. The molecule has 3 heteroatoms. The minimum atomic E-state index is 0. The topological polar surface area (TPSA) is 9.23 Å². The summed E-state index contributed by atoms with van der Waals surface area (Å²) in [4.78, 5) is 0. The van der Waals surface area contributed by atoms with Crippen molar-refractivity contribution < 1.29 is 45.9 Å². The molecule has 1 nitrogen and oxygen atoms in total. The molecule has 0 aliphatic heterocycles. The SMILES string of the molecule is CC(C)[O][Ti].[Ti]. The van der Waals surface area contributed by atoms with Crippen molar-refractivity contribution in [2.75, 3.05) is 0 Å². The van der Waals surface area contributed by atoms with E-state index in [1.807, 2.05) is 13.8 Å². The number of hydrogen-bond acceptors (Lipinski definition) is 1. The molecule has 0 atom stereocenters. The Bertz CT molecular complexity index is 22.8. The first kappa shape index (κ1) is 10.4. The van der Waals surface area contributed by atoms with E-state index in [9.17, 15) is 0 Å². The molecule has 0 aromatic heterocycles. The van der Waals surface area contributed by atoms with E-state index in [1.165, 1.54) is 0 Å². The third kappa shape index (κ3) is 9.04. The van der Waals surface area contributed by atoms with Crippen LogP contribution in [-0.2, 0) is 45.9 Å². The molecule has 6 heavy (non-hydrogen) atoms. The molecule has 0 saturated heterocycles. The van der Waals surface area contributed by atoms with E-state index in [1.54, 1.807) is 20.8 Å². The first-order valence-corrected chi connectivity index (χ1v) is 2.23. The van der Waals surface area contributed by atoms with Crippen molar-refractivity contribution in [3.63, 3.8) is 0 Å². The summed E-state index contributed by atoms with van der Waals surface area (Å²) in [6.45, 7) is 4.00. The Morgan fingerprint density at radius 1 is 1.50 bits per heavy atom. The number of hydrogen-bond donors (Lipinski definition) is 0. The Morgan fingerprint density at radius 2 is 1.67 bits per heavy atom. The predicted molar refractivity (Wildman–Crippen MR) is 16.2 cm³/mol. The molecule has 0 amide bonds. The zero-order valence-electron chi connectivity index (χ0n) is 3.99. The molecule has 0 heterocycles. The van der Waals surface area contributed by atoms with Crippen LogP contribution in [-0.4, -0.2) is 6.10 Å². The number of rotatable bonds is 1. The van der Waals surface area contributed by atoms with Crippen LogP contribution in [0, 0.1) is 0 Å². The van der Waals surface area contributed by atoms with Gasteiger partial charge in [-0.05, 0) is 0 Å². The standard InChI is InChI=1S/C3H7O.2Ti/c1-3(2)4;;/h3H,1-2H3;;/q-1;;+1. The monoisotopic (exact) mass is 155 g/mol. The molecule has 0 spiro atoms. The quantitative estimate of drug-likeness (QED) is 0.510. The Hall–Kier alpha value is 1.39. The molecule has 0 radical (unpaired) electrons. The van der Waals surface area contributed by atoms with Crippen LogP contribution in [0.1, 0.15) is 13.8 Å². The summed E-state index contributed by atoms with van der Waals surface area (Å²) in [5, 5.41) is 0. The van der Waals surface area contributed by atoms with Gasteiger partial charge in [0.2, 0.25) is 0 Å². The summed E-state index contributed by atoms with van der Waals surface area (Å²) >= 11 is 1.70. The van der Waals surface area contributed by atoms with Crippen LogP contribution in [0.2, 0.25) is 0 Å². The van der Waals surface area contributed by atoms with Crippen LogP contribution in [0.15, 0.2) is 0 Å². The first-order chi connectivity index (χ1) is 2.27. The molecule has 0 rings (SSSR count). The van der Waals surface area contributed by atoms with Crippen LogP contribution in [0.25, 0.3) is 0 Å².